The van der Waals surface area contributed by atoms with Gasteiger partial charge in [0.05, 0.1) is 6.61 Å². The molecule has 1 heterocycles. The Bertz CT molecular complexity index is 182. The number of carbonyl (C=O) groups is 1. The molecule has 1 fully saturated rings. The lowest BCUT2D eigenvalue weighted by molar-refractivity contribution is 0.0814. The highest BCUT2D eigenvalue weighted by molar-refractivity contribution is 9.09. The van der Waals surface area contributed by atoms with E-state index in [0.717, 1.165) is 38.1 Å². The van der Waals surface area contributed by atoms with Crippen LogP contribution in [0.4, 0.5) is 4.79 Å². The van der Waals surface area contributed by atoms with E-state index < -0.39 is 0 Å². The summed E-state index contributed by atoms with van der Waals surface area (Å²) in [5, 5.41) is 0.992. The van der Waals surface area contributed by atoms with Gasteiger partial charge in [0, 0.05) is 38.1 Å². The van der Waals surface area contributed by atoms with Crippen LogP contribution in [0.25, 0.3) is 0 Å². The van der Waals surface area contributed by atoms with Gasteiger partial charge < -0.3 is 9.64 Å². The summed E-state index contributed by atoms with van der Waals surface area (Å²) in [7, 11) is 0. The molecule has 0 radical (unpaired) electrons. The van der Waals surface area contributed by atoms with Gasteiger partial charge in [-0.05, 0) is 6.92 Å². The molecule has 1 aliphatic rings. The van der Waals surface area contributed by atoms with Crippen molar-refractivity contribution in [2.45, 2.75) is 6.92 Å². The first-order chi connectivity index (χ1) is 6.77. The number of carbonyl (C=O) groups excluding carboxylic acids is 1. The largest absolute Gasteiger partial charge is 0.450 e. The fourth-order valence-corrected chi connectivity index (χ4v) is 1.99. The van der Waals surface area contributed by atoms with Crippen molar-refractivity contribution in [1.29, 1.82) is 0 Å². The van der Waals surface area contributed by atoms with Crippen molar-refractivity contribution in [2.24, 2.45) is 0 Å². The van der Waals surface area contributed by atoms with Crippen LogP contribution in [0, 0.1) is 0 Å². The summed E-state index contributed by atoms with van der Waals surface area (Å²) in [5.74, 6) is 0. The van der Waals surface area contributed by atoms with Crippen LogP contribution in [0.15, 0.2) is 0 Å². The molecule has 1 rings (SSSR count). The van der Waals surface area contributed by atoms with Crippen molar-refractivity contribution in [3.63, 3.8) is 0 Å². The minimum absolute atomic E-state index is 0.175. The Hall–Kier alpha value is -0.290. The molecular weight excluding hydrogens is 248 g/mol. The van der Waals surface area contributed by atoms with Crippen molar-refractivity contribution >= 4 is 22.0 Å². The molecule has 0 aromatic heterocycles. The summed E-state index contributed by atoms with van der Waals surface area (Å²) in [4.78, 5) is 15.4. The standard InChI is InChI=1S/C9H17BrN2O2/c1-2-14-9(13)12-7-5-11(4-3-10)6-8-12/h2-8H2,1H3. The third kappa shape index (κ3) is 3.46. The van der Waals surface area contributed by atoms with E-state index >= 15 is 0 Å². The van der Waals surface area contributed by atoms with Gasteiger partial charge in [0.25, 0.3) is 0 Å². The first-order valence-corrected chi connectivity index (χ1v) is 6.10. The van der Waals surface area contributed by atoms with Gasteiger partial charge in [-0.1, -0.05) is 15.9 Å². The van der Waals surface area contributed by atoms with Crippen molar-refractivity contribution < 1.29 is 9.53 Å². The third-order valence-electron chi connectivity index (χ3n) is 2.30. The molecule has 0 N–H and O–H groups in total. The third-order valence-corrected chi connectivity index (χ3v) is 2.65. The molecule has 0 atom stereocenters. The summed E-state index contributed by atoms with van der Waals surface area (Å²) in [6.07, 6.45) is -0.175. The average Bonchev–Trinajstić information content (AvgIpc) is 2.20. The van der Waals surface area contributed by atoms with Gasteiger partial charge in [-0.2, -0.15) is 0 Å². The van der Waals surface area contributed by atoms with Gasteiger partial charge in [-0.3, -0.25) is 4.90 Å². The lowest BCUT2D eigenvalue weighted by Crippen LogP contribution is -2.49. The van der Waals surface area contributed by atoms with Gasteiger partial charge in [-0.25, -0.2) is 4.79 Å². The predicted molar refractivity (Wildman–Crippen MR) is 58.8 cm³/mol. The molecule has 1 aliphatic heterocycles. The molecule has 0 bridgehead atoms. The zero-order valence-corrected chi connectivity index (χ0v) is 10.1. The number of ether oxygens (including phenoxy) is 1. The van der Waals surface area contributed by atoms with E-state index in [2.05, 4.69) is 20.8 Å². The van der Waals surface area contributed by atoms with Crippen LogP contribution in [-0.2, 0) is 4.74 Å². The van der Waals surface area contributed by atoms with Crippen LogP contribution in [-0.4, -0.2) is 60.6 Å². The molecular formula is C9H17BrN2O2. The van der Waals surface area contributed by atoms with E-state index in [-0.39, 0.29) is 6.09 Å². The van der Waals surface area contributed by atoms with Crippen molar-refractivity contribution in [3.8, 4) is 0 Å². The number of hydrogen-bond donors (Lipinski definition) is 0. The minimum atomic E-state index is -0.175. The van der Waals surface area contributed by atoms with E-state index in [9.17, 15) is 4.79 Å². The zero-order valence-electron chi connectivity index (χ0n) is 8.54. The van der Waals surface area contributed by atoms with Gasteiger partial charge >= 0.3 is 6.09 Å². The van der Waals surface area contributed by atoms with Gasteiger partial charge in [0.2, 0.25) is 0 Å². The van der Waals surface area contributed by atoms with Crippen molar-refractivity contribution in [3.05, 3.63) is 0 Å². The molecule has 1 saturated heterocycles. The Morgan fingerprint density at radius 2 is 2.00 bits per heavy atom. The van der Waals surface area contributed by atoms with E-state index in [1.807, 2.05) is 6.92 Å². The van der Waals surface area contributed by atoms with Crippen LogP contribution in [0.1, 0.15) is 6.92 Å². The number of hydrogen-bond acceptors (Lipinski definition) is 3. The molecule has 0 aliphatic carbocycles. The first-order valence-electron chi connectivity index (χ1n) is 4.98. The molecule has 0 aromatic rings. The number of rotatable bonds is 3. The second kappa shape index (κ2) is 6.24. The molecule has 0 saturated carbocycles. The Morgan fingerprint density at radius 3 is 2.50 bits per heavy atom. The normalized spacial score (nSPS) is 18.3. The van der Waals surface area contributed by atoms with Crippen LogP contribution in [0.3, 0.4) is 0 Å². The van der Waals surface area contributed by atoms with E-state index in [1.54, 1.807) is 4.90 Å². The maximum Gasteiger partial charge on any atom is 0.409 e. The maximum atomic E-state index is 11.3. The van der Waals surface area contributed by atoms with E-state index in [1.165, 1.54) is 0 Å². The lowest BCUT2D eigenvalue weighted by atomic mass is 10.3. The van der Waals surface area contributed by atoms with Gasteiger partial charge in [-0.15, -0.1) is 0 Å². The van der Waals surface area contributed by atoms with Crippen molar-refractivity contribution in [2.75, 3.05) is 44.7 Å². The molecule has 82 valence electrons. The summed E-state index contributed by atoms with van der Waals surface area (Å²) in [6, 6.07) is 0. The number of amides is 1. The lowest BCUT2D eigenvalue weighted by Gasteiger charge is -2.33. The fourth-order valence-electron chi connectivity index (χ4n) is 1.49. The summed E-state index contributed by atoms with van der Waals surface area (Å²) < 4.78 is 4.94. The zero-order chi connectivity index (χ0) is 10.4. The number of halogens is 1. The highest BCUT2D eigenvalue weighted by Gasteiger charge is 2.20. The fraction of sp³-hybridized carbons (Fsp3) is 0.889. The van der Waals surface area contributed by atoms with E-state index in [0.29, 0.717) is 6.61 Å². The molecule has 4 nitrogen and oxygen atoms in total. The van der Waals surface area contributed by atoms with Gasteiger partial charge in [0.1, 0.15) is 0 Å². The Kier molecular flexibility index (Phi) is 5.25. The van der Waals surface area contributed by atoms with Crippen LogP contribution in [0.2, 0.25) is 0 Å². The molecule has 5 heteroatoms. The Balaban J connectivity index is 2.24. The molecule has 0 aromatic carbocycles. The summed E-state index contributed by atoms with van der Waals surface area (Å²) >= 11 is 3.41. The first kappa shape index (κ1) is 11.8. The smallest absolute Gasteiger partial charge is 0.409 e. The second-order valence-electron chi connectivity index (χ2n) is 3.22. The minimum Gasteiger partial charge on any atom is -0.450 e. The molecule has 0 spiro atoms. The molecule has 14 heavy (non-hydrogen) atoms. The number of alkyl halides is 1. The summed E-state index contributed by atoms with van der Waals surface area (Å²) in [6.45, 7) is 6.81. The Labute approximate surface area is 93.3 Å². The van der Waals surface area contributed by atoms with Gasteiger partial charge in [0.15, 0.2) is 0 Å². The van der Waals surface area contributed by atoms with Crippen LogP contribution < -0.4 is 0 Å². The Morgan fingerprint density at radius 1 is 1.36 bits per heavy atom. The SMILES string of the molecule is CCOC(=O)N1CCN(CCBr)CC1. The van der Waals surface area contributed by atoms with Crippen LogP contribution in [0.5, 0.6) is 0 Å². The average molecular weight is 265 g/mol. The second-order valence-corrected chi connectivity index (χ2v) is 4.01. The highest BCUT2D eigenvalue weighted by Crippen LogP contribution is 2.03. The maximum absolute atomic E-state index is 11.3. The number of nitrogens with zero attached hydrogens (tertiary/aromatic N) is 2. The topological polar surface area (TPSA) is 32.8 Å². The quantitative estimate of drug-likeness (QED) is 0.718. The highest BCUT2D eigenvalue weighted by atomic mass is 79.9. The molecule has 1 amide bonds. The summed E-state index contributed by atoms with van der Waals surface area (Å²) in [5.41, 5.74) is 0. The molecule has 0 unspecified atom stereocenters. The predicted octanol–water partition coefficient (Wildman–Crippen LogP) is 1.16. The van der Waals surface area contributed by atoms with E-state index in [4.69, 9.17) is 4.74 Å². The monoisotopic (exact) mass is 264 g/mol. The van der Waals surface area contributed by atoms with Crippen molar-refractivity contribution in [1.82, 2.24) is 9.80 Å². The number of piperazine rings is 1. The van der Waals surface area contributed by atoms with Crippen LogP contribution >= 0.6 is 15.9 Å².